The summed E-state index contributed by atoms with van der Waals surface area (Å²) in [5, 5.41) is 5.84. The molecule has 2 N–H and O–H groups in total. The fraction of sp³-hybridized carbons (Fsp3) is 0.318. The smallest absolute Gasteiger partial charge is 0.254 e. The molecule has 1 unspecified atom stereocenters. The number of sulfonamides is 1. The average molecular weight is 491 g/mol. The highest BCUT2D eigenvalue weighted by molar-refractivity contribution is 7.89. The molecule has 2 aromatic carbocycles. The Labute approximate surface area is 196 Å². The Morgan fingerprint density at radius 3 is 2.36 bits per heavy atom. The lowest BCUT2D eigenvalue weighted by molar-refractivity contribution is -0.132. The van der Waals surface area contributed by atoms with Crippen LogP contribution in [0.1, 0.15) is 23.2 Å². The second-order valence-electron chi connectivity index (χ2n) is 7.84. The van der Waals surface area contributed by atoms with Crippen LogP contribution in [0.3, 0.4) is 0 Å². The number of nitrogens with one attached hydrogen (secondary N) is 2. The molecule has 2 heterocycles. The van der Waals surface area contributed by atoms with Crippen molar-refractivity contribution in [3.05, 3.63) is 59.1 Å². The van der Waals surface area contributed by atoms with Gasteiger partial charge in [-0.3, -0.25) is 14.4 Å². The van der Waals surface area contributed by atoms with Crippen LogP contribution in [0.25, 0.3) is 0 Å². The summed E-state index contributed by atoms with van der Waals surface area (Å²) >= 11 is 5.84. The van der Waals surface area contributed by atoms with Gasteiger partial charge in [0.2, 0.25) is 21.8 Å². The van der Waals surface area contributed by atoms with Crippen LogP contribution in [0.15, 0.2) is 53.4 Å². The molecule has 1 atom stereocenters. The van der Waals surface area contributed by atoms with Gasteiger partial charge >= 0.3 is 0 Å². The molecule has 2 aliphatic heterocycles. The molecule has 9 nitrogen and oxygen atoms in total. The van der Waals surface area contributed by atoms with Crippen LogP contribution < -0.4 is 10.6 Å². The topological polar surface area (TPSA) is 116 Å². The zero-order chi connectivity index (χ0) is 23.6. The number of carbonyl (C=O) groups is 3. The highest BCUT2D eigenvalue weighted by Gasteiger charge is 2.32. The van der Waals surface area contributed by atoms with Gasteiger partial charge < -0.3 is 15.5 Å². The zero-order valence-electron chi connectivity index (χ0n) is 17.7. The number of anilines is 1. The summed E-state index contributed by atoms with van der Waals surface area (Å²) < 4.78 is 26.9. The summed E-state index contributed by atoms with van der Waals surface area (Å²) in [4.78, 5) is 39.3. The van der Waals surface area contributed by atoms with Crippen LogP contribution >= 0.6 is 11.6 Å². The quantitative estimate of drug-likeness (QED) is 0.662. The molecule has 0 saturated carbocycles. The fourth-order valence-electron chi connectivity index (χ4n) is 3.87. The minimum atomic E-state index is -3.66. The standard InChI is InChI=1S/C22H23ClN4O5S/c23-15-5-7-16(8-6-15)33(31,32)27-13-11-26(12-14-27)20(28)10-9-19-22(30)24-18-4-2-1-3-17(18)21(29)25-19/h1-8,19H,9-14H2,(H,24,30)(H,25,29). The SMILES string of the molecule is O=C1NC(CCC(=O)N2CCN(S(=O)(=O)c3ccc(Cl)cc3)CC2)C(=O)Nc2ccccc21. The molecular weight excluding hydrogens is 468 g/mol. The summed E-state index contributed by atoms with van der Waals surface area (Å²) in [6.45, 7) is 0.847. The molecule has 3 amide bonds. The Balaban J connectivity index is 1.31. The average Bonchev–Trinajstić information content (AvgIpc) is 2.93. The van der Waals surface area contributed by atoms with Gasteiger partial charge in [-0.05, 0) is 42.8 Å². The first-order valence-electron chi connectivity index (χ1n) is 10.5. The largest absolute Gasteiger partial charge is 0.340 e. The molecule has 11 heteroatoms. The minimum absolute atomic E-state index is 0.0542. The van der Waals surface area contributed by atoms with Crippen molar-refractivity contribution in [2.75, 3.05) is 31.5 Å². The number of nitrogens with zero attached hydrogens (tertiary/aromatic N) is 2. The summed E-state index contributed by atoms with van der Waals surface area (Å²) in [6, 6.07) is 11.8. The highest BCUT2D eigenvalue weighted by Crippen LogP contribution is 2.21. The number of benzene rings is 2. The van der Waals surface area contributed by atoms with Gasteiger partial charge in [0.25, 0.3) is 5.91 Å². The van der Waals surface area contributed by atoms with Crippen molar-refractivity contribution in [2.24, 2.45) is 0 Å². The summed E-state index contributed by atoms with van der Waals surface area (Å²) in [7, 11) is -3.66. The van der Waals surface area contributed by atoms with Crippen molar-refractivity contribution in [3.63, 3.8) is 0 Å². The van der Waals surface area contributed by atoms with E-state index in [1.165, 1.54) is 28.6 Å². The number of hydrogen-bond donors (Lipinski definition) is 2. The number of para-hydroxylation sites is 1. The van der Waals surface area contributed by atoms with Gasteiger partial charge in [0.15, 0.2) is 0 Å². The monoisotopic (exact) mass is 490 g/mol. The van der Waals surface area contributed by atoms with E-state index in [-0.39, 0.29) is 61.6 Å². The third-order valence-electron chi connectivity index (χ3n) is 5.74. The molecule has 0 aliphatic carbocycles. The van der Waals surface area contributed by atoms with Crippen molar-refractivity contribution < 1.29 is 22.8 Å². The van der Waals surface area contributed by atoms with Gasteiger partial charge in [-0.1, -0.05) is 23.7 Å². The van der Waals surface area contributed by atoms with Crippen LogP contribution in [-0.2, 0) is 19.6 Å². The molecule has 1 saturated heterocycles. The van der Waals surface area contributed by atoms with Crippen molar-refractivity contribution in [2.45, 2.75) is 23.8 Å². The molecule has 2 aromatic rings. The minimum Gasteiger partial charge on any atom is -0.340 e. The van der Waals surface area contributed by atoms with E-state index in [1.807, 2.05) is 0 Å². The predicted octanol–water partition coefficient (Wildman–Crippen LogP) is 1.70. The maximum atomic E-state index is 12.8. The van der Waals surface area contributed by atoms with Crippen molar-refractivity contribution in [3.8, 4) is 0 Å². The van der Waals surface area contributed by atoms with E-state index in [0.717, 1.165) is 0 Å². The van der Waals surface area contributed by atoms with E-state index in [2.05, 4.69) is 10.6 Å². The summed E-state index contributed by atoms with van der Waals surface area (Å²) in [5.41, 5.74) is 0.810. The Morgan fingerprint density at radius 2 is 1.67 bits per heavy atom. The van der Waals surface area contributed by atoms with Crippen LogP contribution in [0.4, 0.5) is 5.69 Å². The van der Waals surface area contributed by atoms with E-state index in [4.69, 9.17) is 11.6 Å². The summed E-state index contributed by atoms with van der Waals surface area (Å²) in [5.74, 6) is -0.940. The van der Waals surface area contributed by atoms with E-state index >= 15 is 0 Å². The number of rotatable bonds is 5. The first kappa shape index (κ1) is 23.2. The number of fused-ring (bicyclic) bond motifs is 1. The van der Waals surface area contributed by atoms with Gasteiger partial charge in [0.05, 0.1) is 16.1 Å². The van der Waals surface area contributed by atoms with E-state index in [9.17, 15) is 22.8 Å². The van der Waals surface area contributed by atoms with Gasteiger partial charge in [-0.2, -0.15) is 4.31 Å². The maximum absolute atomic E-state index is 12.8. The molecular formula is C22H23ClN4O5S. The zero-order valence-corrected chi connectivity index (χ0v) is 19.2. The lowest BCUT2D eigenvalue weighted by atomic mass is 10.1. The van der Waals surface area contributed by atoms with Crippen molar-refractivity contribution in [1.29, 1.82) is 0 Å². The Morgan fingerprint density at radius 1 is 1.00 bits per heavy atom. The van der Waals surface area contributed by atoms with E-state index in [0.29, 0.717) is 16.3 Å². The second kappa shape index (κ2) is 9.50. The maximum Gasteiger partial charge on any atom is 0.254 e. The normalized spacial score (nSPS) is 19.3. The Bertz CT molecular complexity index is 1180. The van der Waals surface area contributed by atoms with Crippen molar-refractivity contribution >= 4 is 45.0 Å². The molecule has 4 rings (SSSR count). The molecule has 0 spiro atoms. The Hall–Kier alpha value is -2.95. The van der Waals surface area contributed by atoms with Gasteiger partial charge in [0.1, 0.15) is 6.04 Å². The third kappa shape index (κ3) is 5.02. The first-order valence-corrected chi connectivity index (χ1v) is 12.3. The lowest BCUT2D eigenvalue weighted by Crippen LogP contribution is -2.51. The van der Waals surface area contributed by atoms with Crippen LogP contribution in [-0.4, -0.2) is 67.6 Å². The lowest BCUT2D eigenvalue weighted by Gasteiger charge is -2.34. The number of halogens is 1. The van der Waals surface area contributed by atoms with E-state index in [1.54, 1.807) is 29.2 Å². The van der Waals surface area contributed by atoms with Gasteiger partial charge in [0, 0.05) is 37.6 Å². The number of piperazine rings is 1. The second-order valence-corrected chi connectivity index (χ2v) is 10.2. The van der Waals surface area contributed by atoms with Gasteiger partial charge in [-0.15, -0.1) is 0 Å². The van der Waals surface area contributed by atoms with Crippen molar-refractivity contribution in [1.82, 2.24) is 14.5 Å². The van der Waals surface area contributed by atoms with Crippen LogP contribution in [0.5, 0.6) is 0 Å². The third-order valence-corrected chi connectivity index (χ3v) is 7.91. The molecule has 1 fully saturated rings. The van der Waals surface area contributed by atoms with Crippen LogP contribution in [0.2, 0.25) is 5.02 Å². The first-order chi connectivity index (χ1) is 15.8. The number of amides is 3. The molecule has 174 valence electrons. The molecule has 0 radical (unpaired) electrons. The highest BCUT2D eigenvalue weighted by atomic mass is 35.5. The summed E-state index contributed by atoms with van der Waals surface area (Å²) in [6.07, 6.45) is 0.201. The predicted molar refractivity (Wildman–Crippen MR) is 122 cm³/mol. The van der Waals surface area contributed by atoms with E-state index < -0.39 is 16.1 Å². The molecule has 33 heavy (non-hydrogen) atoms. The molecule has 0 bridgehead atoms. The number of hydrogen-bond acceptors (Lipinski definition) is 5. The fourth-order valence-corrected chi connectivity index (χ4v) is 5.42. The Kier molecular flexibility index (Phi) is 6.68. The molecule has 2 aliphatic rings. The molecule has 0 aromatic heterocycles. The number of carbonyl (C=O) groups excluding carboxylic acids is 3. The van der Waals surface area contributed by atoms with Crippen LogP contribution in [0, 0.1) is 0 Å². The van der Waals surface area contributed by atoms with Gasteiger partial charge in [-0.25, -0.2) is 8.42 Å².